The number of sulfone groups is 1. The highest BCUT2D eigenvalue weighted by molar-refractivity contribution is 7.99. The highest BCUT2D eigenvalue weighted by Gasteiger charge is 2.51. The lowest BCUT2D eigenvalue weighted by atomic mass is 9.73. The lowest BCUT2D eigenvalue weighted by Crippen LogP contribution is -2.58. The number of anilines is 2. The van der Waals surface area contributed by atoms with Crippen LogP contribution < -0.4 is 14.5 Å². The summed E-state index contributed by atoms with van der Waals surface area (Å²) in [5.41, 5.74) is -1.60. The van der Waals surface area contributed by atoms with Crippen LogP contribution in [0.5, 0.6) is 0 Å². The van der Waals surface area contributed by atoms with Crippen LogP contribution in [0, 0.1) is 5.41 Å². The molecule has 3 heterocycles. The zero-order chi connectivity index (χ0) is 57.6. The minimum absolute atomic E-state index is 0.0690. The molecule has 0 saturated carbocycles. The molecular formula is C57H69ClF3N5O11S3. The Bertz CT molecular complexity index is 3090. The Labute approximate surface area is 476 Å². The molecule has 16 nitrogen and oxygen atoms in total. The number of hydrogen-bond donors (Lipinski definition) is 1. The van der Waals surface area contributed by atoms with Gasteiger partial charge in [0.05, 0.1) is 29.9 Å². The van der Waals surface area contributed by atoms with Gasteiger partial charge in [0.25, 0.3) is 25.8 Å². The molecule has 3 saturated heterocycles. The molecular weight excluding hydrogens is 1120 g/mol. The van der Waals surface area contributed by atoms with Gasteiger partial charge < -0.3 is 28.7 Å². The smallest absolute Gasteiger partial charge is 0.458 e. The van der Waals surface area contributed by atoms with Crippen LogP contribution >= 0.6 is 23.4 Å². The normalized spacial score (nSPS) is 21.8. The summed E-state index contributed by atoms with van der Waals surface area (Å²) < 4.78 is 127. The first-order valence-electron chi connectivity index (χ1n) is 26.7. The second-order valence-electron chi connectivity index (χ2n) is 21.4. The predicted octanol–water partition coefficient (Wildman–Crippen LogP) is 9.23. The molecule has 4 aliphatic rings. The highest BCUT2D eigenvalue weighted by atomic mass is 35.5. The van der Waals surface area contributed by atoms with Crippen LogP contribution in [0.15, 0.2) is 117 Å². The van der Waals surface area contributed by atoms with E-state index in [2.05, 4.69) is 40.7 Å². The van der Waals surface area contributed by atoms with Crippen molar-refractivity contribution in [3.8, 4) is 0 Å². The van der Waals surface area contributed by atoms with Crippen molar-refractivity contribution in [2.45, 2.75) is 117 Å². The van der Waals surface area contributed by atoms with Crippen molar-refractivity contribution in [2.75, 3.05) is 81.1 Å². The van der Waals surface area contributed by atoms with Gasteiger partial charge in [-0.15, -0.1) is 11.8 Å². The van der Waals surface area contributed by atoms with E-state index in [-0.39, 0.29) is 29.6 Å². The van der Waals surface area contributed by atoms with Gasteiger partial charge in [-0.25, -0.2) is 21.6 Å². The summed E-state index contributed by atoms with van der Waals surface area (Å²) in [7, 11) is -11.4. The fourth-order valence-electron chi connectivity index (χ4n) is 10.9. The number of ether oxygens (including phenoxy) is 4. The Kier molecular flexibility index (Phi) is 19.7. The number of piperazine rings is 1. The summed E-state index contributed by atoms with van der Waals surface area (Å²) in [5, 5.41) is 0.696. The molecule has 0 unspecified atom stereocenters. The lowest BCUT2D eigenvalue weighted by Gasteiger charge is -2.47. The zero-order valence-electron chi connectivity index (χ0n) is 45.5. The summed E-state index contributed by atoms with van der Waals surface area (Å²) in [6, 6.07) is 24.9. The van der Waals surface area contributed by atoms with Crippen LogP contribution in [-0.2, 0) is 48.4 Å². The van der Waals surface area contributed by atoms with Gasteiger partial charge in [-0.3, -0.25) is 24.2 Å². The van der Waals surface area contributed by atoms with Crippen molar-refractivity contribution in [1.82, 2.24) is 14.5 Å². The van der Waals surface area contributed by atoms with Crippen LogP contribution in [0.2, 0.25) is 5.02 Å². The van der Waals surface area contributed by atoms with Crippen LogP contribution in [0.3, 0.4) is 0 Å². The minimum atomic E-state index is -6.39. The van der Waals surface area contributed by atoms with E-state index in [0.29, 0.717) is 57.0 Å². The Morgan fingerprint density at radius 2 is 1.52 bits per heavy atom. The van der Waals surface area contributed by atoms with E-state index < -0.39 is 89.3 Å². The number of amides is 1. The number of halogens is 4. The van der Waals surface area contributed by atoms with Gasteiger partial charge in [0.2, 0.25) is 0 Å². The van der Waals surface area contributed by atoms with E-state index in [0.717, 1.165) is 75.5 Å². The summed E-state index contributed by atoms with van der Waals surface area (Å²) in [6.45, 7) is 14.6. The van der Waals surface area contributed by atoms with Crippen molar-refractivity contribution in [3.63, 3.8) is 0 Å². The van der Waals surface area contributed by atoms with Gasteiger partial charge in [0.15, 0.2) is 6.10 Å². The molecule has 1 N–H and O–H groups in total. The molecule has 80 heavy (non-hydrogen) atoms. The first-order valence-corrected chi connectivity index (χ1v) is 31.0. The highest BCUT2D eigenvalue weighted by Crippen LogP contribution is 2.44. The van der Waals surface area contributed by atoms with Gasteiger partial charge in [-0.1, -0.05) is 61.4 Å². The largest absolute Gasteiger partial charge is 0.501 e. The molecule has 4 aromatic carbocycles. The Morgan fingerprint density at radius 1 is 0.863 bits per heavy atom. The number of esters is 2. The first kappa shape index (κ1) is 60.9. The predicted molar refractivity (Wildman–Crippen MR) is 301 cm³/mol. The summed E-state index contributed by atoms with van der Waals surface area (Å²) in [4.78, 5) is 45.1. The van der Waals surface area contributed by atoms with E-state index in [9.17, 15) is 31.2 Å². The van der Waals surface area contributed by atoms with E-state index in [1.54, 1.807) is 12.1 Å². The molecule has 0 radical (unpaired) electrons. The maximum atomic E-state index is 15.1. The van der Waals surface area contributed by atoms with Crippen LogP contribution in [0.1, 0.15) is 82.6 Å². The van der Waals surface area contributed by atoms with Crippen LogP contribution in [0.25, 0.3) is 5.57 Å². The molecule has 3 aliphatic heterocycles. The molecule has 4 aromatic rings. The Balaban J connectivity index is 1.06. The maximum absolute atomic E-state index is 15.1. The molecule has 0 bridgehead atoms. The number of benzene rings is 4. The molecule has 8 rings (SSSR count). The standard InChI is InChI=1S/C57H69ClF3N5O11S3/c1-38-54(77-40(3)68)51(76-39(2)67)34-53(75-38)66(46(22-24-63-29-31-74-32-30-63)37-78-47-9-7-6-8-10-47)50-20-19-48(33-52(50)79(70,71)57(59,60)61)80(72,73)62-55(69)42-13-17-45(18-14-42)65-27-25-64(26-28-65)36-43-35-56(4,5)23-21-49(43)41-11-15-44(58)16-12-41/h6-20,33,38,46,51,53-54H,21-32,34-37H2,1-5H3,(H,62,69)/t38-,46+,51-,53+,54+/m0/s1. The number of carbonyl (C=O) groups excluding carboxylic acids is 3. The quantitative estimate of drug-likeness (QED) is 0.0692. The van der Waals surface area contributed by atoms with Gasteiger partial charge in [-0.2, -0.15) is 13.2 Å². The summed E-state index contributed by atoms with van der Waals surface area (Å²) >= 11 is 7.57. The van der Waals surface area contributed by atoms with E-state index in [1.165, 1.54) is 52.4 Å². The monoisotopic (exact) mass is 1190 g/mol. The average Bonchev–Trinajstić information content (AvgIpc) is 3.44. The molecule has 3 fully saturated rings. The molecule has 0 aromatic heterocycles. The number of sulfonamides is 1. The Hall–Kier alpha value is -5.20. The average molecular weight is 1190 g/mol. The maximum Gasteiger partial charge on any atom is 0.501 e. The third kappa shape index (κ3) is 15.3. The third-order valence-electron chi connectivity index (χ3n) is 15.0. The fourth-order valence-corrected chi connectivity index (χ4v) is 14.2. The topological polar surface area (TPSA) is 181 Å². The number of morpholine rings is 1. The third-order valence-corrected chi connectivity index (χ3v) is 19.3. The lowest BCUT2D eigenvalue weighted by molar-refractivity contribution is -0.204. The SMILES string of the molecule is CC(=O)O[C@@H]1[C@H](C)O[C@@H](N(c2ccc(S(=O)(=O)NC(=O)c3ccc(N4CCN(CC5=C(c6ccc(Cl)cc6)CCC(C)(C)C5)CC4)cc3)cc2S(=O)(=O)C(F)(F)F)[C@H](CCN2CCOCC2)CSc2ccccc2)C[C@@H]1OC(C)=O. The number of hydrogen-bond acceptors (Lipinski definition) is 16. The van der Waals surface area contributed by atoms with Gasteiger partial charge in [0.1, 0.15) is 17.2 Å². The second kappa shape index (κ2) is 25.9. The van der Waals surface area contributed by atoms with E-state index in [4.69, 9.17) is 30.5 Å². The number of nitrogens with one attached hydrogen (secondary N) is 1. The van der Waals surface area contributed by atoms with Crippen LogP contribution in [-0.4, -0.2) is 152 Å². The zero-order valence-corrected chi connectivity index (χ0v) is 48.7. The molecule has 23 heteroatoms. The summed E-state index contributed by atoms with van der Waals surface area (Å²) in [5.74, 6) is -2.43. The molecule has 1 aliphatic carbocycles. The number of rotatable bonds is 19. The molecule has 434 valence electrons. The van der Waals surface area contributed by atoms with Crippen molar-refractivity contribution in [1.29, 1.82) is 0 Å². The summed E-state index contributed by atoms with van der Waals surface area (Å²) in [6.07, 6.45) is -1.77. The molecule has 0 spiro atoms. The molecule has 1 amide bonds. The minimum Gasteiger partial charge on any atom is -0.458 e. The number of allylic oxidation sites excluding steroid dienone is 1. The number of carbonyl (C=O) groups is 3. The van der Waals surface area contributed by atoms with Crippen molar-refractivity contribution >= 4 is 78.0 Å². The van der Waals surface area contributed by atoms with Crippen LogP contribution in [0.4, 0.5) is 24.5 Å². The van der Waals surface area contributed by atoms with E-state index in [1.807, 2.05) is 47.2 Å². The van der Waals surface area contributed by atoms with Crippen molar-refractivity contribution < 1.29 is 63.3 Å². The van der Waals surface area contributed by atoms with Crippen molar-refractivity contribution in [3.05, 3.63) is 119 Å². The number of nitrogens with zero attached hydrogens (tertiary/aromatic N) is 4. The van der Waals surface area contributed by atoms with Gasteiger partial charge in [-0.05, 0) is 116 Å². The molecule has 5 atom stereocenters. The number of alkyl halides is 3. The van der Waals surface area contributed by atoms with Gasteiger partial charge in [0, 0.05) is 106 Å². The number of thioether (sulfide) groups is 1. The van der Waals surface area contributed by atoms with E-state index >= 15 is 13.2 Å². The van der Waals surface area contributed by atoms with Crippen molar-refractivity contribution in [2.24, 2.45) is 5.41 Å². The fraction of sp³-hybridized carbons (Fsp3) is 0.491. The second-order valence-corrected chi connectivity index (χ2v) is 26.6. The van der Waals surface area contributed by atoms with Gasteiger partial charge >= 0.3 is 17.4 Å². The Morgan fingerprint density at radius 3 is 2.16 bits per heavy atom. The first-order chi connectivity index (χ1) is 37.9.